The maximum absolute atomic E-state index is 11.4. The highest BCUT2D eigenvalue weighted by molar-refractivity contribution is 8.77. The van der Waals surface area contributed by atoms with Crippen LogP contribution in [0.1, 0.15) is 38.1 Å². The number of benzene rings is 4. The van der Waals surface area contributed by atoms with Crippen LogP contribution in [0.15, 0.2) is 142 Å². The van der Waals surface area contributed by atoms with Gasteiger partial charge in [0.2, 0.25) is 32.4 Å². The Labute approximate surface area is 463 Å². The maximum atomic E-state index is 11.4. The fraction of sp³-hybridized carbons (Fsp3) is 0.103. The largest absolute Gasteiger partial charge is 0.481 e. The molecule has 0 saturated heterocycles. The van der Waals surface area contributed by atoms with Crippen molar-refractivity contribution in [1.82, 2.24) is 101 Å². The Hall–Kier alpha value is -8.22. The van der Waals surface area contributed by atoms with Gasteiger partial charge in [-0.15, -0.1) is 40.8 Å². The second-order valence-corrected chi connectivity index (χ2v) is 22.2. The zero-order valence-electron chi connectivity index (χ0n) is 39.2. The van der Waals surface area contributed by atoms with Crippen molar-refractivity contribution in [3.63, 3.8) is 0 Å². The van der Waals surface area contributed by atoms with E-state index in [1.54, 1.807) is 35.0 Å². The van der Waals surface area contributed by atoms with Crippen LogP contribution in [0.3, 0.4) is 0 Å². The lowest BCUT2D eigenvalue weighted by Crippen LogP contribution is -2.03. The summed E-state index contributed by atoms with van der Waals surface area (Å²) < 4.78 is 48.2. The topological polar surface area (TPSA) is 448 Å². The van der Waals surface area contributed by atoms with Crippen molar-refractivity contribution in [3.05, 3.63) is 126 Å². The molecule has 0 aliphatic heterocycles. The van der Waals surface area contributed by atoms with Gasteiger partial charge in [-0.25, -0.2) is 14.5 Å². The summed E-state index contributed by atoms with van der Waals surface area (Å²) in [7, 11) is 2.66. The van der Waals surface area contributed by atoms with E-state index in [1.807, 2.05) is 31.2 Å². The number of aromatic carboxylic acids is 2. The van der Waals surface area contributed by atoms with E-state index < -0.39 is 28.0 Å². The minimum absolute atomic E-state index is 0.0203. The van der Waals surface area contributed by atoms with Crippen molar-refractivity contribution in [1.29, 1.82) is 0 Å². The van der Waals surface area contributed by atoms with Crippen molar-refractivity contribution in [2.24, 2.45) is 0 Å². The van der Waals surface area contributed by atoms with Gasteiger partial charge in [0.1, 0.15) is 6.42 Å². The first-order valence-corrected chi connectivity index (χ1v) is 29.1. The first-order chi connectivity index (χ1) is 38.1. The molecular weight excluding hydrogens is 1180 g/mol. The number of aromatic nitrogens is 20. The number of carbonyl (C=O) groups is 3. The number of rotatable bonds is 21. The van der Waals surface area contributed by atoms with Crippen molar-refractivity contribution in [2.75, 3.05) is 6.61 Å². The third kappa shape index (κ3) is 15.7. The van der Waals surface area contributed by atoms with Crippen molar-refractivity contribution >= 4 is 92.8 Å². The van der Waals surface area contributed by atoms with Crippen LogP contribution in [0.25, 0.3) is 22.7 Å². The maximum Gasteiger partial charge on any atom is 0.335 e. The van der Waals surface area contributed by atoms with Crippen LogP contribution < -0.4 is 0 Å². The molecule has 0 aliphatic rings. The molecule has 0 saturated carbocycles. The van der Waals surface area contributed by atoms with E-state index >= 15 is 0 Å². The highest BCUT2D eigenvalue weighted by atomic mass is 33.1. The Morgan fingerprint density at radius 3 is 1.37 bits per heavy atom. The van der Waals surface area contributed by atoms with Gasteiger partial charge in [-0.2, -0.15) is 27.1 Å². The molecule has 0 atom stereocenters. The second kappa shape index (κ2) is 26.9. The van der Waals surface area contributed by atoms with Crippen LogP contribution in [0, 0.1) is 6.92 Å². The van der Waals surface area contributed by atoms with Gasteiger partial charge in [0.25, 0.3) is 20.6 Å². The average Bonchev–Trinajstić information content (AvgIpc) is 4.33. The number of hydrogen-bond acceptors (Lipinski definition) is 31. The molecule has 0 aliphatic carbocycles. The highest BCUT2D eigenvalue weighted by Gasteiger charge is 2.19. The molecule has 6 heterocycles. The summed E-state index contributed by atoms with van der Waals surface area (Å²) in [6, 6.07) is 25.6. The minimum atomic E-state index is -4.34. The predicted octanol–water partition coefficient (Wildman–Crippen LogP) is 4.74. The molecule has 33 nitrogen and oxygen atoms in total. The van der Waals surface area contributed by atoms with Gasteiger partial charge in [-0.3, -0.25) is 14.6 Å². The Morgan fingerprint density at radius 1 is 0.532 bits per heavy atom. The number of carboxylic acids is 3. The van der Waals surface area contributed by atoms with Crippen molar-refractivity contribution in [2.45, 2.75) is 55.7 Å². The fourth-order valence-electron chi connectivity index (χ4n) is 5.80. The Balaban J connectivity index is 0.000000160. The molecule has 4 aromatic carbocycles. The Morgan fingerprint density at radius 2 is 0.949 bits per heavy atom. The summed E-state index contributed by atoms with van der Waals surface area (Å²) in [5.41, 5.74) is 3.77. The van der Waals surface area contributed by atoms with Crippen LogP contribution in [0.5, 0.6) is 0 Å². The second-order valence-electron chi connectivity index (χ2n) is 14.6. The highest BCUT2D eigenvalue weighted by Crippen LogP contribution is 2.38. The van der Waals surface area contributed by atoms with Crippen LogP contribution in [0.4, 0.5) is 0 Å². The summed E-state index contributed by atoms with van der Waals surface area (Å²) in [6.45, 7) is 2.03. The molecule has 0 radical (unpaired) electrons. The van der Waals surface area contributed by atoms with Crippen molar-refractivity contribution in [3.8, 4) is 22.7 Å². The standard InChI is InChI=1S/C16H10N8O4S2.C15H12N8O3S3.C8H8N4O6S2/c25-13(26)9-1-5-11(6-2-9)23-15(17-19-21-23)29-30-16-18-20-22-24(16)12-7-3-10(4-8-12)14(27)28;1-10-4-2-5-11(8-10)22-14(16-18-20-22)27-28-15-17-19-21-23(15)12-6-3-7-13(9-12)29(24,25)26;13-6(14)3-5-10-12-8(18-5)20-19-7-11-9-4(17-7)1-2-16-15/h1-8H,(H,25,26)(H,27,28);2-9H,1H3,(H,24,25,26);15H,1-3H2,(H,13,14). The van der Waals surface area contributed by atoms with E-state index in [0.29, 0.717) is 43.6 Å². The monoisotopic (exact) mass is 1210 g/mol. The van der Waals surface area contributed by atoms with Gasteiger partial charge in [-0.05, 0) is 176 Å². The van der Waals surface area contributed by atoms with Crippen LogP contribution in [-0.4, -0.2) is 159 Å². The molecule has 0 amide bonds. The first kappa shape index (κ1) is 57.0. The lowest BCUT2D eigenvalue weighted by molar-refractivity contribution is -0.241. The molecule has 40 heteroatoms. The van der Waals surface area contributed by atoms with Gasteiger partial charge in [0.15, 0.2) is 0 Å². The Kier molecular flexibility index (Phi) is 19.4. The molecule has 0 spiro atoms. The molecule has 79 heavy (non-hydrogen) atoms. The number of hydrogen-bond donors (Lipinski definition) is 5. The van der Waals surface area contributed by atoms with E-state index in [4.69, 9.17) is 29.4 Å². The number of tetrazole rings is 4. The normalized spacial score (nSPS) is 11.1. The minimum Gasteiger partial charge on any atom is -0.481 e. The van der Waals surface area contributed by atoms with Crippen LogP contribution in [0.2, 0.25) is 0 Å². The zero-order chi connectivity index (χ0) is 55.9. The van der Waals surface area contributed by atoms with Gasteiger partial charge in [0.05, 0.1) is 51.8 Å². The number of carboxylic acid groups (broad SMARTS) is 3. The summed E-state index contributed by atoms with van der Waals surface area (Å²) >= 11 is 0. The van der Waals surface area contributed by atoms with E-state index in [2.05, 4.69) is 87.4 Å². The van der Waals surface area contributed by atoms with E-state index in [0.717, 1.165) is 32.8 Å². The van der Waals surface area contributed by atoms with Gasteiger partial charge < -0.3 is 24.2 Å². The van der Waals surface area contributed by atoms with Gasteiger partial charge in [0, 0.05) is 21.6 Å². The molecular formula is C39H30N20O13S7. The molecule has 10 rings (SSSR count). The average molecular weight is 1210 g/mol. The Bertz CT molecular complexity index is 3710. The van der Waals surface area contributed by atoms with E-state index in [9.17, 15) is 27.4 Å². The zero-order valence-corrected chi connectivity index (χ0v) is 44.9. The molecule has 406 valence electrons. The molecule has 5 N–H and O–H groups in total. The number of nitrogens with zero attached hydrogens (tertiary/aromatic N) is 20. The number of aliphatic carboxylic acids is 1. The van der Waals surface area contributed by atoms with Crippen molar-refractivity contribution < 1.29 is 61.7 Å². The third-order valence-electron chi connectivity index (χ3n) is 9.26. The molecule has 0 fully saturated rings. The first-order valence-electron chi connectivity index (χ1n) is 21.2. The third-order valence-corrected chi connectivity index (χ3v) is 16.0. The summed E-state index contributed by atoms with van der Waals surface area (Å²) in [4.78, 5) is 36.1. The summed E-state index contributed by atoms with van der Waals surface area (Å²) in [5.74, 6) is -2.75. The SMILES string of the molecule is Cc1cccc(-n2nnnc2SSc2nnnn2-c2cccc(S(=O)(=O)O)c2)c1.O=C(O)Cc1nnc(SSc2nnc(CCOO)o2)o1.O=C(O)c1ccc(-n2nnnc2SSc2nnnn2-c2ccc(C(=O)O)cc2)cc1. The molecule has 6 aromatic heterocycles. The predicted molar refractivity (Wildman–Crippen MR) is 272 cm³/mol. The fourth-order valence-corrected chi connectivity index (χ4v) is 11.3. The molecule has 0 unspecified atom stereocenters. The quantitative estimate of drug-likeness (QED) is 0.0281. The van der Waals surface area contributed by atoms with Gasteiger partial charge >= 0.3 is 17.9 Å². The van der Waals surface area contributed by atoms with Gasteiger partial charge in [-0.1, -0.05) is 18.2 Å². The molecule has 10 aromatic rings. The van der Waals surface area contributed by atoms with Crippen LogP contribution >= 0.6 is 64.8 Å². The van der Waals surface area contributed by atoms with Crippen LogP contribution in [-0.2, 0) is 32.6 Å². The number of aryl methyl sites for hydroxylation is 1. The van der Waals surface area contributed by atoms with E-state index in [1.165, 1.54) is 99.7 Å². The lowest BCUT2D eigenvalue weighted by Gasteiger charge is -2.06. The summed E-state index contributed by atoms with van der Waals surface area (Å²) in [5, 5.41) is 98.0. The lowest BCUT2D eigenvalue weighted by atomic mass is 10.2. The summed E-state index contributed by atoms with van der Waals surface area (Å²) in [6.07, 6.45) is -0.0395. The smallest absolute Gasteiger partial charge is 0.335 e. The van der Waals surface area contributed by atoms with E-state index in [-0.39, 0.29) is 51.8 Å². The molecule has 0 bridgehead atoms.